The lowest BCUT2D eigenvalue weighted by Gasteiger charge is -2.47. The molecule has 2 rings (SSSR count). The molecule has 110 valence electrons. The van der Waals surface area contributed by atoms with E-state index in [1.807, 2.05) is 34.6 Å². The van der Waals surface area contributed by atoms with E-state index >= 15 is 0 Å². The number of morpholine rings is 1. The first-order valence-corrected chi connectivity index (χ1v) is 6.66. The van der Waals surface area contributed by atoms with Crippen molar-refractivity contribution < 1.29 is 9.66 Å². The van der Waals surface area contributed by atoms with Crippen LogP contribution < -0.4 is 4.90 Å². The van der Waals surface area contributed by atoms with E-state index in [0.29, 0.717) is 13.1 Å². The van der Waals surface area contributed by atoms with Crippen molar-refractivity contribution in [1.29, 1.82) is 0 Å². The third-order valence-corrected chi connectivity index (χ3v) is 3.24. The van der Waals surface area contributed by atoms with Crippen LogP contribution in [0.1, 0.15) is 33.3 Å². The summed E-state index contributed by atoms with van der Waals surface area (Å²) < 4.78 is 6.04. The number of aromatic nitrogens is 1. The van der Waals surface area contributed by atoms with Crippen molar-refractivity contribution in [2.24, 2.45) is 0 Å². The van der Waals surface area contributed by atoms with Gasteiger partial charge in [-0.1, -0.05) is 0 Å². The van der Waals surface area contributed by atoms with Crippen LogP contribution in [-0.4, -0.2) is 34.2 Å². The summed E-state index contributed by atoms with van der Waals surface area (Å²) >= 11 is 0. The molecule has 1 aliphatic rings. The Balaban J connectivity index is 2.34. The first-order chi connectivity index (χ1) is 9.10. The van der Waals surface area contributed by atoms with Gasteiger partial charge >= 0.3 is 0 Å². The molecule has 0 amide bonds. The topological polar surface area (TPSA) is 68.5 Å². The largest absolute Gasteiger partial charge is 0.366 e. The molecule has 1 fully saturated rings. The number of ether oxygens (including phenoxy) is 1. The maximum absolute atomic E-state index is 10.8. The SMILES string of the molecule is Cc1cc([N+](=O)[O-])cnc1N1CC(C)(C)OC(C)(C)C1. The highest BCUT2D eigenvalue weighted by Crippen LogP contribution is 2.32. The number of hydrogen-bond acceptors (Lipinski definition) is 5. The predicted octanol–water partition coefficient (Wildman–Crippen LogP) is 2.69. The highest BCUT2D eigenvalue weighted by Gasteiger charge is 2.39. The van der Waals surface area contributed by atoms with E-state index in [0.717, 1.165) is 11.4 Å². The summed E-state index contributed by atoms with van der Waals surface area (Å²) in [6.45, 7) is 11.4. The van der Waals surface area contributed by atoms with Crippen LogP contribution in [0.25, 0.3) is 0 Å². The Kier molecular flexibility index (Phi) is 3.46. The number of aryl methyl sites for hydroxylation is 1. The second kappa shape index (κ2) is 4.70. The summed E-state index contributed by atoms with van der Waals surface area (Å²) in [5.41, 5.74) is 0.278. The third-order valence-electron chi connectivity index (χ3n) is 3.24. The molecule has 0 aromatic carbocycles. The van der Waals surface area contributed by atoms with Gasteiger partial charge in [0.15, 0.2) is 0 Å². The molecule has 0 bridgehead atoms. The standard InChI is InChI=1S/C14H21N3O3/c1-10-6-11(17(18)19)7-15-12(10)16-8-13(2,3)20-14(4,5)9-16/h6-7H,8-9H2,1-5H3. The van der Waals surface area contributed by atoms with E-state index in [2.05, 4.69) is 9.88 Å². The molecule has 0 spiro atoms. The summed E-state index contributed by atoms with van der Waals surface area (Å²) in [7, 11) is 0. The van der Waals surface area contributed by atoms with Crippen LogP contribution in [0.2, 0.25) is 0 Å². The number of hydrogen-bond donors (Lipinski definition) is 0. The van der Waals surface area contributed by atoms with Gasteiger partial charge in [0.25, 0.3) is 5.69 Å². The van der Waals surface area contributed by atoms with Gasteiger partial charge in [-0.3, -0.25) is 10.1 Å². The van der Waals surface area contributed by atoms with E-state index in [4.69, 9.17) is 4.74 Å². The van der Waals surface area contributed by atoms with Gasteiger partial charge in [-0.25, -0.2) is 4.98 Å². The van der Waals surface area contributed by atoms with Crippen molar-refractivity contribution in [2.75, 3.05) is 18.0 Å². The van der Waals surface area contributed by atoms with Crippen molar-refractivity contribution in [1.82, 2.24) is 4.98 Å². The molecule has 1 aromatic heterocycles. The lowest BCUT2D eigenvalue weighted by atomic mass is 9.98. The van der Waals surface area contributed by atoms with Crippen molar-refractivity contribution in [2.45, 2.75) is 45.8 Å². The molecule has 1 saturated heterocycles. The fourth-order valence-corrected chi connectivity index (χ4v) is 2.92. The molecule has 1 aliphatic heterocycles. The molecule has 0 atom stereocenters. The molecule has 6 nitrogen and oxygen atoms in total. The van der Waals surface area contributed by atoms with Crippen LogP contribution in [0.3, 0.4) is 0 Å². The minimum absolute atomic E-state index is 0.0260. The van der Waals surface area contributed by atoms with Gasteiger partial charge in [0.1, 0.15) is 12.0 Å². The zero-order valence-corrected chi connectivity index (χ0v) is 12.6. The maximum atomic E-state index is 10.8. The minimum atomic E-state index is -0.420. The Morgan fingerprint density at radius 2 is 1.85 bits per heavy atom. The Bertz CT molecular complexity index is 524. The van der Waals surface area contributed by atoms with Crippen LogP contribution in [0.4, 0.5) is 11.5 Å². The quantitative estimate of drug-likeness (QED) is 0.615. The highest BCUT2D eigenvalue weighted by atomic mass is 16.6. The smallest absolute Gasteiger partial charge is 0.287 e. The summed E-state index contributed by atoms with van der Waals surface area (Å²) in [6, 6.07) is 1.57. The molecule has 20 heavy (non-hydrogen) atoms. The fraction of sp³-hybridized carbons (Fsp3) is 0.643. The lowest BCUT2D eigenvalue weighted by Crippen LogP contribution is -2.57. The summed E-state index contributed by atoms with van der Waals surface area (Å²) in [4.78, 5) is 16.8. The fourth-order valence-electron chi connectivity index (χ4n) is 2.92. The number of pyridine rings is 1. The van der Waals surface area contributed by atoms with Gasteiger partial charge in [0.2, 0.25) is 0 Å². The summed E-state index contributed by atoms with van der Waals surface area (Å²) in [5, 5.41) is 10.8. The van der Waals surface area contributed by atoms with Crippen LogP contribution in [0.15, 0.2) is 12.3 Å². The zero-order chi connectivity index (χ0) is 15.1. The van der Waals surface area contributed by atoms with Crippen molar-refractivity contribution in [3.63, 3.8) is 0 Å². The Morgan fingerprint density at radius 1 is 1.30 bits per heavy atom. The molecule has 0 saturated carbocycles. The van der Waals surface area contributed by atoms with Gasteiger partial charge in [-0.05, 0) is 40.2 Å². The van der Waals surface area contributed by atoms with Crippen LogP contribution in [0, 0.1) is 17.0 Å². The maximum Gasteiger partial charge on any atom is 0.287 e. The molecule has 0 radical (unpaired) electrons. The number of nitro groups is 1. The van der Waals surface area contributed by atoms with Gasteiger partial charge in [-0.2, -0.15) is 0 Å². The number of anilines is 1. The van der Waals surface area contributed by atoms with Gasteiger partial charge in [0.05, 0.1) is 16.1 Å². The molecule has 0 aliphatic carbocycles. The first kappa shape index (κ1) is 14.7. The van der Waals surface area contributed by atoms with Gasteiger partial charge in [-0.15, -0.1) is 0 Å². The van der Waals surface area contributed by atoms with Crippen LogP contribution in [-0.2, 0) is 4.74 Å². The Morgan fingerprint density at radius 3 is 2.30 bits per heavy atom. The molecular weight excluding hydrogens is 258 g/mol. The normalized spacial score (nSPS) is 20.8. The molecule has 6 heteroatoms. The second-order valence-electron chi connectivity index (χ2n) is 6.57. The summed E-state index contributed by atoms with van der Waals surface area (Å²) in [5.74, 6) is 0.792. The van der Waals surface area contributed by atoms with Gasteiger partial charge in [0, 0.05) is 19.2 Å². The number of nitrogens with zero attached hydrogens (tertiary/aromatic N) is 3. The second-order valence-corrected chi connectivity index (χ2v) is 6.57. The van der Waals surface area contributed by atoms with Gasteiger partial charge < -0.3 is 9.64 Å². The molecule has 0 unspecified atom stereocenters. The lowest BCUT2D eigenvalue weighted by molar-refractivity contribution is -0.385. The van der Waals surface area contributed by atoms with Crippen LogP contribution in [0.5, 0.6) is 0 Å². The average Bonchev–Trinajstić information content (AvgIpc) is 2.24. The number of rotatable bonds is 2. The van der Waals surface area contributed by atoms with E-state index < -0.39 is 4.92 Å². The van der Waals surface area contributed by atoms with E-state index in [-0.39, 0.29) is 16.9 Å². The van der Waals surface area contributed by atoms with Crippen molar-refractivity contribution >= 4 is 11.5 Å². The molecule has 0 N–H and O–H groups in total. The predicted molar refractivity (Wildman–Crippen MR) is 77.1 cm³/mol. The minimum Gasteiger partial charge on any atom is -0.366 e. The van der Waals surface area contributed by atoms with Crippen LogP contribution >= 0.6 is 0 Å². The van der Waals surface area contributed by atoms with Crippen molar-refractivity contribution in [3.8, 4) is 0 Å². The highest BCUT2D eigenvalue weighted by molar-refractivity contribution is 5.51. The van der Waals surface area contributed by atoms with Crippen molar-refractivity contribution in [3.05, 3.63) is 27.9 Å². The van der Waals surface area contributed by atoms with E-state index in [9.17, 15) is 10.1 Å². The molecule has 2 heterocycles. The van der Waals surface area contributed by atoms with E-state index in [1.165, 1.54) is 6.20 Å². The Hall–Kier alpha value is -1.69. The Labute approximate surface area is 118 Å². The average molecular weight is 279 g/mol. The summed E-state index contributed by atoms with van der Waals surface area (Å²) in [6.07, 6.45) is 1.32. The zero-order valence-electron chi connectivity index (χ0n) is 12.6. The van der Waals surface area contributed by atoms with E-state index in [1.54, 1.807) is 6.07 Å². The first-order valence-electron chi connectivity index (χ1n) is 6.66. The molecule has 1 aromatic rings. The molecular formula is C14H21N3O3. The third kappa shape index (κ3) is 3.07. The monoisotopic (exact) mass is 279 g/mol.